The molecule has 26 heavy (non-hydrogen) atoms. The monoisotopic (exact) mass is 368 g/mol. The molecule has 5 nitrogen and oxygen atoms in total. The zero-order valence-electron chi connectivity index (χ0n) is 15.0. The number of halogens is 1. The smallest absolute Gasteiger partial charge is 0.143 e. The molecule has 0 fully saturated rings. The topological polar surface area (TPSA) is 59.1 Å². The van der Waals surface area contributed by atoms with Crippen molar-refractivity contribution in [2.24, 2.45) is 0 Å². The lowest BCUT2D eigenvalue weighted by atomic mass is 10.2. The van der Waals surface area contributed by atoms with Crippen LogP contribution in [-0.2, 0) is 6.54 Å². The number of anilines is 3. The van der Waals surface area contributed by atoms with Crippen LogP contribution in [0.4, 0.5) is 17.3 Å². The van der Waals surface area contributed by atoms with Crippen LogP contribution in [-0.4, -0.2) is 17.1 Å². The Bertz CT molecular complexity index is 900. The first-order valence-electron chi connectivity index (χ1n) is 8.30. The highest BCUT2D eigenvalue weighted by molar-refractivity contribution is 6.31. The molecule has 0 aliphatic heterocycles. The van der Waals surface area contributed by atoms with Crippen molar-refractivity contribution in [3.63, 3.8) is 0 Å². The third-order valence-corrected chi connectivity index (χ3v) is 4.31. The predicted octanol–water partition coefficient (Wildman–Crippen LogP) is 5.11. The number of hydrogen-bond donors (Lipinski definition) is 2. The van der Waals surface area contributed by atoms with E-state index >= 15 is 0 Å². The Hall–Kier alpha value is -2.79. The number of methoxy groups -OCH3 is 1. The van der Waals surface area contributed by atoms with Crippen LogP contribution in [0.3, 0.4) is 0 Å². The van der Waals surface area contributed by atoms with Crippen LogP contribution >= 0.6 is 11.6 Å². The molecule has 0 bridgehead atoms. The maximum absolute atomic E-state index is 6.17. The van der Waals surface area contributed by atoms with Crippen LogP contribution in [0.2, 0.25) is 5.02 Å². The molecule has 2 N–H and O–H groups in total. The average molecular weight is 369 g/mol. The molecular formula is C20H21ClN4O. The summed E-state index contributed by atoms with van der Waals surface area (Å²) in [6, 6.07) is 15.8. The van der Waals surface area contributed by atoms with Crippen LogP contribution in [0, 0.1) is 13.8 Å². The first-order valence-corrected chi connectivity index (χ1v) is 8.67. The Labute approximate surface area is 158 Å². The molecule has 0 amide bonds. The van der Waals surface area contributed by atoms with E-state index in [0.717, 1.165) is 17.1 Å². The van der Waals surface area contributed by atoms with Gasteiger partial charge in [-0.2, -0.15) is 0 Å². The molecular weight excluding hydrogens is 348 g/mol. The molecule has 2 aromatic carbocycles. The van der Waals surface area contributed by atoms with Gasteiger partial charge < -0.3 is 15.4 Å². The molecule has 0 saturated heterocycles. The maximum Gasteiger partial charge on any atom is 0.143 e. The zero-order valence-corrected chi connectivity index (χ0v) is 15.8. The fraction of sp³-hybridized carbons (Fsp3) is 0.200. The number of rotatable bonds is 6. The van der Waals surface area contributed by atoms with Gasteiger partial charge in [-0.3, -0.25) is 0 Å². The lowest BCUT2D eigenvalue weighted by molar-refractivity contribution is 0.416. The lowest BCUT2D eigenvalue weighted by Crippen LogP contribution is -2.05. The average Bonchev–Trinajstić information content (AvgIpc) is 2.63. The SMILES string of the molecule is COc1cc(Cl)c(C)cc1Nc1cc(NCc2ccccc2)nc(C)n1. The second-order valence-electron chi connectivity index (χ2n) is 5.95. The molecule has 0 aliphatic carbocycles. The molecule has 1 heterocycles. The second-order valence-corrected chi connectivity index (χ2v) is 6.36. The van der Waals surface area contributed by atoms with Crippen molar-refractivity contribution in [2.75, 3.05) is 17.7 Å². The van der Waals surface area contributed by atoms with Gasteiger partial charge in [0.2, 0.25) is 0 Å². The van der Waals surface area contributed by atoms with Crippen molar-refractivity contribution in [1.29, 1.82) is 0 Å². The lowest BCUT2D eigenvalue weighted by Gasteiger charge is -2.14. The molecule has 0 spiro atoms. The maximum atomic E-state index is 6.17. The molecule has 1 aromatic heterocycles. The van der Waals surface area contributed by atoms with E-state index in [4.69, 9.17) is 16.3 Å². The first kappa shape index (κ1) is 18.0. The summed E-state index contributed by atoms with van der Waals surface area (Å²) in [6.07, 6.45) is 0. The number of hydrogen-bond acceptors (Lipinski definition) is 5. The first-order chi connectivity index (χ1) is 12.5. The van der Waals surface area contributed by atoms with Gasteiger partial charge in [-0.05, 0) is 31.0 Å². The molecule has 0 radical (unpaired) electrons. The minimum Gasteiger partial charge on any atom is -0.495 e. The summed E-state index contributed by atoms with van der Waals surface area (Å²) in [6.45, 7) is 4.51. The summed E-state index contributed by atoms with van der Waals surface area (Å²) in [7, 11) is 1.62. The van der Waals surface area contributed by atoms with E-state index in [1.54, 1.807) is 13.2 Å². The highest BCUT2D eigenvalue weighted by Crippen LogP contribution is 2.33. The molecule has 3 aromatic rings. The van der Waals surface area contributed by atoms with Gasteiger partial charge in [0.05, 0.1) is 12.8 Å². The minimum absolute atomic E-state index is 0.663. The summed E-state index contributed by atoms with van der Waals surface area (Å²) in [4.78, 5) is 8.91. The van der Waals surface area contributed by atoms with E-state index in [-0.39, 0.29) is 0 Å². The quantitative estimate of drug-likeness (QED) is 0.633. The van der Waals surface area contributed by atoms with E-state index in [9.17, 15) is 0 Å². The fourth-order valence-corrected chi connectivity index (χ4v) is 2.73. The summed E-state index contributed by atoms with van der Waals surface area (Å²) in [5.74, 6) is 2.78. The second kappa shape index (κ2) is 8.06. The minimum atomic E-state index is 0.663. The Morgan fingerprint density at radius 1 is 1.00 bits per heavy atom. The summed E-state index contributed by atoms with van der Waals surface area (Å²) < 4.78 is 5.41. The van der Waals surface area contributed by atoms with Gasteiger partial charge in [0.25, 0.3) is 0 Å². The van der Waals surface area contributed by atoms with Crippen LogP contribution in [0.5, 0.6) is 5.75 Å². The van der Waals surface area contributed by atoms with Crippen LogP contribution in [0.1, 0.15) is 17.0 Å². The third-order valence-electron chi connectivity index (χ3n) is 3.90. The van der Waals surface area contributed by atoms with E-state index in [1.165, 1.54) is 5.56 Å². The van der Waals surface area contributed by atoms with Crippen molar-refractivity contribution in [2.45, 2.75) is 20.4 Å². The number of benzene rings is 2. The predicted molar refractivity (Wildman–Crippen MR) is 107 cm³/mol. The van der Waals surface area contributed by atoms with Crippen LogP contribution in [0.15, 0.2) is 48.5 Å². The van der Waals surface area contributed by atoms with Crippen molar-refractivity contribution in [1.82, 2.24) is 9.97 Å². The Morgan fingerprint density at radius 3 is 2.46 bits per heavy atom. The van der Waals surface area contributed by atoms with E-state index in [1.807, 2.05) is 44.2 Å². The molecule has 134 valence electrons. The van der Waals surface area contributed by atoms with Gasteiger partial charge >= 0.3 is 0 Å². The highest BCUT2D eigenvalue weighted by Gasteiger charge is 2.09. The van der Waals surface area contributed by atoms with Crippen molar-refractivity contribution < 1.29 is 4.74 Å². The summed E-state index contributed by atoms with van der Waals surface area (Å²) >= 11 is 6.17. The van der Waals surface area contributed by atoms with Gasteiger partial charge in [0.15, 0.2) is 0 Å². The normalized spacial score (nSPS) is 10.5. The Balaban J connectivity index is 1.81. The van der Waals surface area contributed by atoms with Crippen LogP contribution in [0.25, 0.3) is 0 Å². The number of aromatic nitrogens is 2. The number of ether oxygens (including phenoxy) is 1. The molecule has 3 rings (SSSR count). The van der Waals surface area contributed by atoms with E-state index in [0.29, 0.717) is 29.0 Å². The van der Waals surface area contributed by atoms with Crippen molar-refractivity contribution in [3.05, 3.63) is 70.5 Å². The molecule has 0 saturated carbocycles. The number of nitrogens with zero attached hydrogens (tertiary/aromatic N) is 2. The number of aryl methyl sites for hydroxylation is 2. The molecule has 0 unspecified atom stereocenters. The van der Waals surface area contributed by atoms with Gasteiger partial charge in [-0.25, -0.2) is 9.97 Å². The van der Waals surface area contributed by atoms with E-state index in [2.05, 4.69) is 32.7 Å². The Morgan fingerprint density at radius 2 is 1.73 bits per heavy atom. The van der Waals surface area contributed by atoms with Gasteiger partial charge in [-0.15, -0.1) is 0 Å². The molecule has 0 aliphatic rings. The van der Waals surface area contributed by atoms with Crippen molar-refractivity contribution >= 4 is 28.9 Å². The summed E-state index contributed by atoms with van der Waals surface area (Å²) in [5, 5.41) is 7.29. The van der Waals surface area contributed by atoms with E-state index < -0.39 is 0 Å². The highest BCUT2D eigenvalue weighted by atomic mass is 35.5. The van der Waals surface area contributed by atoms with Crippen LogP contribution < -0.4 is 15.4 Å². The largest absolute Gasteiger partial charge is 0.495 e. The standard InChI is InChI=1S/C20H21ClN4O/c1-13-9-17(18(26-3)10-16(13)21)25-20-11-19(23-14(2)24-20)22-12-15-7-5-4-6-8-15/h4-11H,12H2,1-3H3,(H2,22,23,24,25). The van der Waals surface area contributed by atoms with Crippen molar-refractivity contribution in [3.8, 4) is 5.75 Å². The van der Waals surface area contributed by atoms with Gasteiger partial charge in [-0.1, -0.05) is 41.9 Å². The molecule has 0 atom stereocenters. The third kappa shape index (κ3) is 4.43. The fourth-order valence-electron chi connectivity index (χ4n) is 2.58. The Kier molecular flexibility index (Phi) is 5.58. The van der Waals surface area contributed by atoms with Gasteiger partial charge in [0, 0.05) is 23.7 Å². The zero-order chi connectivity index (χ0) is 18.5. The van der Waals surface area contributed by atoms with Gasteiger partial charge in [0.1, 0.15) is 23.2 Å². The number of nitrogens with one attached hydrogen (secondary N) is 2. The molecule has 6 heteroatoms. The summed E-state index contributed by atoms with van der Waals surface area (Å²) in [5.41, 5.74) is 2.96.